The summed E-state index contributed by atoms with van der Waals surface area (Å²) in [6, 6.07) is 19.1. The molecule has 1 N–H and O–H groups in total. The van der Waals surface area contributed by atoms with Gasteiger partial charge in [0.25, 0.3) is 0 Å². The Hall–Kier alpha value is -2.78. The number of hydrogen-bond acceptors (Lipinski definition) is 2. The highest BCUT2D eigenvalue weighted by molar-refractivity contribution is 5.84. The Morgan fingerprint density at radius 3 is 2.92 bits per heavy atom. The van der Waals surface area contributed by atoms with Gasteiger partial charge in [0.05, 0.1) is 12.0 Å². The van der Waals surface area contributed by atoms with E-state index in [-0.39, 0.29) is 6.04 Å². The maximum absolute atomic E-state index is 5.99. The van der Waals surface area contributed by atoms with Crippen molar-refractivity contribution < 1.29 is 4.42 Å². The van der Waals surface area contributed by atoms with Crippen molar-refractivity contribution in [3.63, 3.8) is 0 Å². The minimum Gasteiger partial charge on any atom is -0.466 e. The molecule has 2 aromatic carbocycles. The smallest absolute Gasteiger partial charge is 0.134 e. The Labute approximate surface area is 140 Å². The molecule has 3 heterocycles. The molecule has 2 aromatic heterocycles. The highest BCUT2D eigenvalue weighted by atomic mass is 16.3. The Kier molecular flexibility index (Phi) is 2.91. The minimum atomic E-state index is 0.0340. The van der Waals surface area contributed by atoms with E-state index in [9.17, 15) is 0 Å². The molecule has 4 aromatic rings. The normalized spacial score (nSPS) is 16.6. The van der Waals surface area contributed by atoms with E-state index >= 15 is 0 Å². The highest BCUT2D eigenvalue weighted by Gasteiger charge is 2.27. The Morgan fingerprint density at radius 2 is 1.96 bits per heavy atom. The van der Waals surface area contributed by atoms with Crippen LogP contribution < -0.4 is 5.32 Å². The number of benzene rings is 2. The second kappa shape index (κ2) is 5.11. The van der Waals surface area contributed by atoms with E-state index in [0.29, 0.717) is 0 Å². The fourth-order valence-electron chi connectivity index (χ4n) is 3.77. The van der Waals surface area contributed by atoms with Crippen molar-refractivity contribution in [2.75, 3.05) is 0 Å². The monoisotopic (exact) mass is 314 g/mol. The average Bonchev–Trinajstić information content (AvgIpc) is 3.21. The number of hydrogen-bond donors (Lipinski definition) is 1. The molecule has 0 saturated heterocycles. The summed E-state index contributed by atoms with van der Waals surface area (Å²) < 4.78 is 8.27. The number of nitrogens with zero attached hydrogens (tertiary/aromatic N) is 1. The van der Waals surface area contributed by atoms with Crippen LogP contribution in [-0.4, -0.2) is 4.57 Å². The molecule has 3 heteroatoms. The molecule has 0 radical (unpaired) electrons. The van der Waals surface area contributed by atoms with Gasteiger partial charge in [-0.05, 0) is 36.2 Å². The summed E-state index contributed by atoms with van der Waals surface area (Å²) in [4.78, 5) is 0. The third-order valence-electron chi connectivity index (χ3n) is 5.01. The van der Waals surface area contributed by atoms with Crippen LogP contribution in [0, 0.1) is 6.92 Å². The minimum absolute atomic E-state index is 0.0340. The first-order valence-electron chi connectivity index (χ1n) is 8.28. The van der Waals surface area contributed by atoms with Crippen LogP contribution in [0.5, 0.6) is 0 Å². The molecule has 1 aliphatic heterocycles. The van der Waals surface area contributed by atoms with Crippen molar-refractivity contribution in [3.8, 4) is 5.69 Å². The van der Waals surface area contributed by atoms with Crippen LogP contribution in [-0.2, 0) is 6.54 Å². The lowest BCUT2D eigenvalue weighted by Gasteiger charge is -2.15. The van der Waals surface area contributed by atoms with Crippen LogP contribution in [0.25, 0.3) is 16.5 Å². The summed E-state index contributed by atoms with van der Waals surface area (Å²) in [5, 5.41) is 6.02. The summed E-state index contributed by atoms with van der Waals surface area (Å²) in [6.07, 6.45) is 3.99. The number of nitrogens with one attached hydrogen (secondary N) is 1. The van der Waals surface area contributed by atoms with Crippen molar-refractivity contribution in [3.05, 3.63) is 89.6 Å². The average molecular weight is 314 g/mol. The van der Waals surface area contributed by atoms with E-state index in [1.54, 1.807) is 0 Å². The summed E-state index contributed by atoms with van der Waals surface area (Å²) in [6.45, 7) is 3.00. The summed E-state index contributed by atoms with van der Waals surface area (Å²) in [5.74, 6) is 0.982. The van der Waals surface area contributed by atoms with Crippen molar-refractivity contribution in [1.82, 2.24) is 9.88 Å². The van der Waals surface area contributed by atoms with E-state index in [4.69, 9.17) is 4.42 Å². The lowest BCUT2D eigenvalue weighted by Crippen LogP contribution is -2.21. The molecule has 5 rings (SSSR count). The zero-order chi connectivity index (χ0) is 16.1. The van der Waals surface area contributed by atoms with E-state index in [2.05, 4.69) is 71.5 Å². The lowest BCUT2D eigenvalue weighted by molar-refractivity contribution is 0.447. The molecular formula is C21H18N2O. The molecule has 1 unspecified atom stereocenters. The van der Waals surface area contributed by atoms with E-state index in [1.165, 1.54) is 27.9 Å². The summed E-state index contributed by atoms with van der Waals surface area (Å²) >= 11 is 0. The van der Waals surface area contributed by atoms with E-state index in [1.807, 2.05) is 12.3 Å². The number of aromatic nitrogens is 1. The second-order valence-corrected chi connectivity index (χ2v) is 6.38. The Morgan fingerprint density at radius 1 is 1.04 bits per heavy atom. The van der Waals surface area contributed by atoms with Gasteiger partial charge in [0.15, 0.2) is 0 Å². The topological polar surface area (TPSA) is 30.1 Å². The Bertz CT molecular complexity index is 1040. The van der Waals surface area contributed by atoms with Gasteiger partial charge in [-0.3, -0.25) is 5.32 Å². The standard InChI is InChI=1S/C21H18N2O/c1-14-6-4-9-18-17(14)12-22-20(19-10-5-11-23(18)19)21-16-8-3-2-7-15(16)13-24-21/h2-11,13,20,22H,12H2,1H3. The van der Waals surface area contributed by atoms with Crippen molar-refractivity contribution >= 4 is 10.8 Å². The van der Waals surface area contributed by atoms with E-state index in [0.717, 1.165) is 17.7 Å². The molecule has 1 aliphatic rings. The molecule has 118 valence electrons. The van der Waals surface area contributed by atoms with E-state index < -0.39 is 0 Å². The molecule has 0 bridgehead atoms. The maximum Gasteiger partial charge on any atom is 0.134 e. The first-order valence-corrected chi connectivity index (χ1v) is 8.28. The first-order chi connectivity index (χ1) is 11.8. The molecule has 3 nitrogen and oxygen atoms in total. The number of aryl methyl sites for hydroxylation is 1. The van der Waals surface area contributed by atoms with Crippen LogP contribution in [0.15, 0.2) is 71.5 Å². The fourth-order valence-corrected chi connectivity index (χ4v) is 3.77. The molecular weight excluding hydrogens is 296 g/mol. The Balaban J connectivity index is 1.72. The third kappa shape index (κ3) is 1.88. The molecule has 24 heavy (non-hydrogen) atoms. The van der Waals surface area contributed by atoms with Crippen LogP contribution in [0.3, 0.4) is 0 Å². The molecule has 0 aliphatic carbocycles. The van der Waals surface area contributed by atoms with Gasteiger partial charge in [0.1, 0.15) is 11.8 Å². The van der Waals surface area contributed by atoms with Crippen molar-refractivity contribution in [1.29, 1.82) is 0 Å². The van der Waals surface area contributed by atoms with Gasteiger partial charge < -0.3 is 8.98 Å². The SMILES string of the molecule is Cc1cccc2c1CNC(c1occ3ccccc13)c1cccn1-2. The molecule has 0 amide bonds. The molecule has 0 fully saturated rings. The summed E-state index contributed by atoms with van der Waals surface area (Å²) in [7, 11) is 0. The predicted octanol–water partition coefficient (Wildman–Crippen LogP) is 4.72. The number of fused-ring (bicyclic) bond motifs is 4. The predicted molar refractivity (Wildman–Crippen MR) is 95.4 cm³/mol. The third-order valence-corrected chi connectivity index (χ3v) is 5.01. The van der Waals surface area contributed by atoms with Crippen molar-refractivity contribution in [2.24, 2.45) is 0 Å². The fraction of sp³-hybridized carbons (Fsp3) is 0.143. The second-order valence-electron chi connectivity index (χ2n) is 6.38. The quantitative estimate of drug-likeness (QED) is 0.551. The summed E-state index contributed by atoms with van der Waals surface area (Å²) in [5.41, 5.74) is 5.11. The van der Waals surface area contributed by atoms with Gasteiger partial charge in [0.2, 0.25) is 0 Å². The first kappa shape index (κ1) is 13.6. The van der Waals surface area contributed by atoms with Crippen molar-refractivity contribution in [2.45, 2.75) is 19.5 Å². The van der Waals surface area contributed by atoms with Gasteiger partial charge in [-0.2, -0.15) is 0 Å². The van der Waals surface area contributed by atoms with Crippen LogP contribution in [0.1, 0.15) is 28.6 Å². The van der Waals surface area contributed by atoms with Gasteiger partial charge in [0, 0.05) is 29.2 Å². The zero-order valence-corrected chi connectivity index (χ0v) is 13.5. The van der Waals surface area contributed by atoms with Crippen LogP contribution in [0.4, 0.5) is 0 Å². The molecule has 1 atom stereocenters. The largest absolute Gasteiger partial charge is 0.466 e. The molecule has 0 saturated carbocycles. The van der Waals surface area contributed by atoms with Gasteiger partial charge in [-0.1, -0.05) is 36.4 Å². The molecule has 0 spiro atoms. The van der Waals surface area contributed by atoms with Gasteiger partial charge >= 0.3 is 0 Å². The van der Waals surface area contributed by atoms with Crippen LogP contribution >= 0.6 is 0 Å². The maximum atomic E-state index is 5.99. The van der Waals surface area contributed by atoms with Gasteiger partial charge in [-0.25, -0.2) is 0 Å². The lowest BCUT2D eigenvalue weighted by atomic mass is 10.1. The number of furan rings is 1. The number of rotatable bonds is 1. The van der Waals surface area contributed by atoms with Gasteiger partial charge in [-0.15, -0.1) is 0 Å². The highest BCUT2D eigenvalue weighted by Crippen LogP contribution is 2.35. The van der Waals surface area contributed by atoms with Crippen LogP contribution in [0.2, 0.25) is 0 Å². The zero-order valence-electron chi connectivity index (χ0n) is 13.5.